The third-order valence-corrected chi connectivity index (χ3v) is 3.93. The number of nitrogens with one attached hydrogen (secondary N) is 1. The van der Waals surface area contributed by atoms with Crippen molar-refractivity contribution in [2.45, 2.75) is 65.5 Å². The van der Waals surface area contributed by atoms with Gasteiger partial charge in [-0.2, -0.15) is 0 Å². The van der Waals surface area contributed by atoms with Gasteiger partial charge in [0.2, 0.25) is 0 Å². The summed E-state index contributed by atoms with van der Waals surface area (Å²) in [5.74, 6) is 0.522. The quantitative estimate of drug-likeness (QED) is 0.627. The van der Waals surface area contributed by atoms with Gasteiger partial charge in [-0.05, 0) is 52.6 Å². The zero-order valence-electron chi connectivity index (χ0n) is 14.5. The molecular weight excluding hydrogens is 252 g/mol. The average Bonchev–Trinajstić information content (AvgIpc) is 2.40. The molecule has 120 valence electrons. The molecule has 0 bridgehead atoms. The third kappa shape index (κ3) is 6.71. The summed E-state index contributed by atoms with van der Waals surface area (Å²) >= 11 is 0. The summed E-state index contributed by atoms with van der Waals surface area (Å²) in [6, 6.07) is 0.531. The maximum atomic E-state index is 12.0. The summed E-state index contributed by atoms with van der Waals surface area (Å²) in [6.07, 6.45) is 2.94. The number of methoxy groups -OCH3 is 1. The van der Waals surface area contributed by atoms with E-state index in [0.29, 0.717) is 12.0 Å². The number of nitrogens with zero attached hydrogens (tertiary/aromatic N) is 1. The minimum atomic E-state index is -0.587. The Morgan fingerprint density at radius 1 is 1.35 bits per heavy atom. The first-order valence-electron chi connectivity index (χ1n) is 7.80. The molecule has 0 aromatic heterocycles. The molecular formula is C16H34N2O2. The van der Waals surface area contributed by atoms with Crippen LogP contribution in [0, 0.1) is 5.92 Å². The fraction of sp³-hybridized carbons (Fsp3) is 0.938. The van der Waals surface area contributed by atoms with E-state index in [-0.39, 0.29) is 5.97 Å². The van der Waals surface area contributed by atoms with Gasteiger partial charge in [-0.25, -0.2) is 0 Å². The molecule has 0 fully saturated rings. The van der Waals surface area contributed by atoms with Crippen LogP contribution in [0.5, 0.6) is 0 Å². The second kappa shape index (κ2) is 9.35. The lowest BCUT2D eigenvalue weighted by atomic mass is 9.96. The van der Waals surface area contributed by atoms with E-state index >= 15 is 0 Å². The molecule has 0 aromatic carbocycles. The molecule has 0 heterocycles. The predicted octanol–water partition coefficient (Wildman–Crippen LogP) is 2.67. The Hall–Kier alpha value is -0.610. The molecule has 0 radical (unpaired) electrons. The van der Waals surface area contributed by atoms with Gasteiger partial charge in [-0.3, -0.25) is 4.79 Å². The maximum Gasteiger partial charge on any atom is 0.325 e. The molecule has 20 heavy (non-hydrogen) atoms. The molecule has 4 heteroatoms. The number of carbonyl (C=O) groups is 1. The largest absolute Gasteiger partial charge is 0.468 e. The standard InChI is InChI=1S/C16H34N2O2/c1-8-10-17-16(5,15(19)20-7)9-11-18(6)14(4)12-13(2)3/h13-14,17H,8-12H2,1-7H3. The van der Waals surface area contributed by atoms with Crippen LogP contribution in [-0.4, -0.2) is 49.7 Å². The molecule has 0 saturated heterocycles. The van der Waals surface area contributed by atoms with Crippen LogP contribution in [0.15, 0.2) is 0 Å². The molecule has 2 unspecified atom stereocenters. The number of hydrogen-bond acceptors (Lipinski definition) is 4. The van der Waals surface area contributed by atoms with E-state index in [0.717, 1.165) is 25.9 Å². The molecule has 0 aliphatic rings. The lowest BCUT2D eigenvalue weighted by Gasteiger charge is -2.32. The van der Waals surface area contributed by atoms with Gasteiger partial charge >= 0.3 is 5.97 Å². The van der Waals surface area contributed by atoms with E-state index in [1.165, 1.54) is 13.5 Å². The average molecular weight is 286 g/mol. The molecule has 1 N–H and O–H groups in total. The van der Waals surface area contributed by atoms with Gasteiger partial charge in [0.25, 0.3) is 0 Å². The molecule has 0 spiro atoms. The maximum absolute atomic E-state index is 12.0. The van der Waals surface area contributed by atoms with Crippen molar-refractivity contribution in [3.63, 3.8) is 0 Å². The zero-order valence-corrected chi connectivity index (χ0v) is 14.5. The van der Waals surface area contributed by atoms with Gasteiger partial charge < -0.3 is 15.0 Å². The van der Waals surface area contributed by atoms with Gasteiger partial charge in [0.15, 0.2) is 0 Å². The Labute approximate surface area is 125 Å². The minimum absolute atomic E-state index is 0.170. The third-order valence-electron chi connectivity index (χ3n) is 3.93. The highest BCUT2D eigenvalue weighted by molar-refractivity contribution is 5.80. The van der Waals surface area contributed by atoms with Crippen molar-refractivity contribution in [3.8, 4) is 0 Å². The first kappa shape index (κ1) is 19.4. The lowest BCUT2D eigenvalue weighted by molar-refractivity contribution is -0.148. The molecule has 0 rings (SSSR count). The summed E-state index contributed by atoms with van der Waals surface area (Å²) in [5, 5.41) is 3.33. The van der Waals surface area contributed by atoms with Crippen molar-refractivity contribution < 1.29 is 9.53 Å². The zero-order chi connectivity index (χ0) is 15.8. The summed E-state index contributed by atoms with van der Waals surface area (Å²) in [4.78, 5) is 14.3. The Balaban J connectivity index is 4.48. The van der Waals surface area contributed by atoms with Crippen molar-refractivity contribution >= 4 is 5.97 Å². The Morgan fingerprint density at radius 3 is 2.40 bits per heavy atom. The highest BCUT2D eigenvalue weighted by Crippen LogP contribution is 2.16. The second-order valence-electron chi connectivity index (χ2n) is 6.46. The Bertz CT molecular complexity index is 282. The van der Waals surface area contributed by atoms with Crippen molar-refractivity contribution in [2.75, 3.05) is 27.2 Å². The van der Waals surface area contributed by atoms with Crippen LogP contribution in [0.4, 0.5) is 0 Å². The first-order valence-corrected chi connectivity index (χ1v) is 7.80. The molecule has 2 atom stereocenters. The molecule has 0 aromatic rings. The second-order valence-corrected chi connectivity index (χ2v) is 6.46. The SMILES string of the molecule is CCCNC(C)(CCN(C)C(C)CC(C)C)C(=O)OC. The summed E-state index contributed by atoms with van der Waals surface area (Å²) in [6.45, 7) is 12.5. The number of hydrogen-bond donors (Lipinski definition) is 1. The van der Waals surface area contributed by atoms with E-state index in [2.05, 4.69) is 45.0 Å². The van der Waals surface area contributed by atoms with Crippen LogP contribution in [0.2, 0.25) is 0 Å². The van der Waals surface area contributed by atoms with Crippen molar-refractivity contribution in [3.05, 3.63) is 0 Å². The fourth-order valence-corrected chi connectivity index (χ4v) is 2.37. The van der Waals surface area contributed by atoms with Gasteiger partial charge in [0, 0.05) is 12.6 Å². The topological polar surface area (TPSA) is 41.6 Å². The van der Waals surface area contributed by atoms with Gasteiger partial charge in [0.05, 0.1) is 7.11 Å². The predicted molar refractivity (Wildman–Crippen MR) is 84.9 cm³/mol. The molecule has 4 nitrogen and oxygen atoms in total. The van der Waals surface area contributed by atoms with Crippen LogP contribution >= 0.6 is 0 Å². The van der Waals surface area contributed by atoms with Gasteiger partial charge in [-0.1, -0.05) is 20.8 Å². The Morgan fingerprint density at radius 2 is 1.95 bits per heavy atom. The van der Waals surface area contributed by atoms with E-state index < -0.39 is 5.54 Å². The smallest absolute Gasteiger partial charge is 0.325 e. The molecule has 0 amide bonds. The summed E-state index contributed by atoms with van der Waals surface area (Å²) in [5.41, 5.74) is -0.587. The van der Waals surface area contributed by atoms with Gasteiger partial charge in [0.1, 0.15) is 5.54 Å². The number of ether oxygens (including phenoxy) is 1. The molecule has 0 saturated carbocycles. The van der Waals surface area contributed by atoms with Crippen LogP contribution < -0.4 is 5.32 Å². The Kier molecular flexibility index (Phi) is 9.06. The summed E-state index contributed by atoms with van der Waals surface area (Å²) in [7, 11) is 3.59. The van der Waals surface area contributed by atoms with Crippen LogP contribution in [-0.2, 0) is 9.53 Å². The van der Waals surface area contributed by atoms with Crippen molar-refractivity contribution in [2.24, 2.45) is 5.92 Å². The normalized spacial score (nSPS) is 16.2. The van der Waals surface area contributed by atoms with Crippen LogP contribution in [0.1, 0.15) is 53.9 Å². The van der Waals surface area contributed by atoms with E-state index in [4.69, 9.17) is 4.74 Å². The minimum Gasteiger partial charge on any atom is -0.468 e. The van der Waals surface area contributed by atoms with Crippen LogP contribution in [0.3, 0.4) is 0 Å². The molecule has 0 aliphatic heterocycles. The lowest BCUT2D eigenvalue weighted by Crippen LogP contribution is -2.52. The highest BCUT2D eigenvalue weighted by Gasteiger charge is 2.33. The number of carbonyl (C=O) groups excluding carboxylic acids is 1. The molecule has 0 aliphatic carbocycles. The number of esters is 1. The summed E-state index contributed by atoms with van der Waals surface area (Å²) < 4.78 is 4.95. The van der Waals surface area contributed by atoms with E-state index in [9.17, 15) is 4.79 Å². The van der Waals surface area contributed by atoms with Crippen molar-refractivity contribution in [1.29, 1.82) is 0 Å². The monoisotopic (exact) mass is 286 g/mol. The van der Waals surface area contributed by atoms with Crippen LogP contribution in [0.25, 0.3) is 0 Å². The van der Waals surface area contributed by atoms with E-state index in [1.54, 1.807) is 0 Å². The number of rotatable bonds is 10. The van der Waals surface area contributed by atoms with E-state index in [1.807, 2.05) is 6.92 Å². The van der Waals surface area contributed by atoms with Crippen molar-refractivity contribution in [1.82, 2.24) is 10.2 Å². The fourth-order valence-electron chi connectivity index (χ4n) is 2.37. The first-order chi connectivity index (χ1) is 9.26. The van der Waals surface area contributed by atoms with Gasteiger partial charge in [-0.15, -0.1) is 0 Å². The highest BCUT2D eigenvalue weighted by atomic mass is 16.5.